The van der Waals surface area contributed by atoms with Crippen molar-refractivity contribution in [3.05, 3.63) is 78.9 Å². The largest absolute Gasteiger partial charge is 0.487 e. The molecule has 2 aromatic heterocycles. The normalized spacial score (nSPS) is 22.4. The van der Waals surface area contributed by atoms with Gasteiger partial charge in [0.2, 0.25) is 0 Å². The van der Waals surface area contributed by atoms with Crippen LogP contribution in [0.3, 0.4) is 0 Å². The van der Waals surface area contributed by atoms with Gasteiger partial charge in [0, 0.05) is 17.8 Å². The number of hydrogen-bond donors (Lipinski definition) is 3. The average Bonchev–Trinajstić information content (AvgIpc) is 3.38. The number of nitro groups is 1. The van der Waals surface area contributed by atoms with Gasteiger partial charge in [0.1, 0.15) is 36.3 Å². The molecule has 0 saturated carbocycles. The number of H-pyrrole nitrogens is 1. The van der Waals surface area contributed by atoms with Crippen molar-refractivity contribution in [2.24, 2.45) is 0 Å². The molecule has 0 bridgehead atoms. The molecule has 0 unspecified atom stereocenters. The molecule has 33 heavy (non-hydrogen) atoms. The van der Waals surface area contributed by atoms with Crippen LogP contribution in [0.4, 0.5) is 5.69 Å². The number of aliphatic hydroxyl groups is 2. The minimum Gasteiger partial charge on any atom is -0.487 e. The molecule has 3 aromatic rings. The van der Waals surface area contributed by atoms with Gasteiger partial charge in [-0.1, -0.05) is 11.3 Å². The number of nitrogens with zero attached hydrogens (tertiary/aromatic N) is 5. The number of hydrogen-bond acceptors (Lipinski definition) is 10. The van der Waals surface area contributed by atoms with E-state index in [1.54, 1.807) is 6.07 Å². The van der Waals surface area contributed by atoms with Crippen LogP contribution in [-0.4, -0.2) is 58.5 Å². The third kappa shape index (κ3) is 4.39. The van der Waals surface area contributed by atoms with E-state index in [-0.39, 0.29) is 23.6 Å². The zero-order chi connectivity index (χ0) is 23.7. The van der Waals surface area contributed by atoms with E-state index in [1.807, 2.05) is 0 Å². The summed E-state index contributed by atoms with van der Waals surface area (Å²) in [4.78, 5) is 36.6. The van der Waals surface area contributed by atoms with Crippen LogP contribution < -0.4 is 16.0 Å². The minimum atomic E-state index is -1.24. The van der Waals surface area contributed by atoms with Crippen molar-refractivity contribution in [3.8, 4) is 5.75 Å². The van der Waals surface area contributed by atoms with Crippen LogP contribution in [-0.2, 0) is 11.3 Å². The fourth-order valence-electron chi connectivity index (χ4n) is 3.54. The molecule has 3 N–H and O–H groups in total. The Morgan fingerprint density at radius 3 is 2.85 bits per heavy atom. The third-order valence-electron chi connectivity index (χ3n) is 5.22. The highest BCUT2D eigenvalue weighted by molar-refractivity contribution is 5.37. The maximum absolute atomic E-state index is 12.4. The summed E-state index contributed by atoms with van der Waals surface area (Å²) < 4.78 is 13.6. The molecule has 14 heteroatoms. The lowest BCUT2D eigenvalue weighted by molar-refractivity contribution is -0.384. The number of aryl methyl sites for hydroxylation is 1. The van der Waals surface area contributed by atoms with E-state index < -0.39 is 47.3 Å². The molecular weight excluding hydrogens is 440 g/mol. The van der Waals surface area contributed by atoms with Gasteiger partial charge in [-0.25, -0.2) is 9.48 Å². The molecule has 4 atom stereocenters. The zero-order valence-electron chi connectivity index (χ0n) is 17.3. The summed E-state index contributed by atoms with van der Waals surface area (Å²) in [5.74, 6) is 0.261. The minimum absolute atomic E-state index is 0.0728. The monoisotopic (exact) mass is 460 g/mol. The van der Waals surface area contributed by atoms with E-state index in [2.05, 4.69) is 15.3 Å². The Kier molecular flexibility index (Phi) is 6.04. The fraction of sp³-hybridized carbons (Fsp3) is 0.368. The molecule has 174 valence electrons. The second-order valence-corrected chi connectivity index (χ2v) is 7.44. The Morgan fingerprint density at radius 2 is 2.12 bits per heavy atom. The molecule has 0 amide bonds. The molecule has 1 aliphatic heterocycles. The smallest absolute Gasteiger partial charge is 0.330 e. The summed E-state index contributed by atoms with van der Waals surface area (Å²) >= 11 is 0. The summed E-state index contributed by atoms with van der Waals surface area (Å²) in [5, 5.41) is 39.1. The first-order valence-corrected chi connectivity index (χ1v) is 9.83. The number of non-ortho nitro benzene ring substituents is 1. The van der Waals surface area contributed by atoms with Crippen molar-refractivity contribution >= 4 is 5.69 Å². The summed E-state index contributed by atoms with van der Waals surface area (Å²) in [6.07, 6.45) is -0.578. The molecule has 14 nitrogen and oxygen atoms in total. The van der Waals surface area contributed by atoms with Crippen molar-refractivity contribution < 1.29 is 24.6 Å². The van der Waals surface area contributed by atoms with E-state index >= 15 is 0 Å². The van der Waals surface area contributed by atoms with Crippen molar-refractivity contribution in [2.75, 3.05) is 6.61 Å². The number of aromatic amines is 1. The van der Waals surface area contributed by atoms with Gasteiger partial charge in [0.15, 0.2) is 6.23 Å². The molecule has 0 radical (unpaired) electrons. The van der Waals surface area contributed by atoms with Gasteiger partial charge < -0.3 is 19.7 Å². The van der Waals surface area contributed by atoms with Crippen LogP contribution >= 0.6 is 0 Å². The number of nitro benzene ring substituents is 1. The first-order chi connectivity index (χ1) is 15.8. The Morgan fingerprint density at radius 1 is 1.33 bits per heavy atom. The molecule has 1 saturated heterocycles. The maximum atomic E-state index is 12.4. The number of aliphatic hydroxyl groups excluding tert-OH is 2. The predicted molar refractivity (Wildman–Crippen MR) is 110 cm³/mol. The standard InChI is InChI=1S/C19H20N6O8/c1-10-6-23(19(29)20-17(10)28)18-15(16(27)14(8-26)33-18)24-7-11(21-22-24)9-32-13-4-2-3-12(5-13)25(30)31/h2-7,14-16,18,26-27H,8-9H2,1H3,(H,20,28,29)/t14-,15-,16-,18-/m1/s1. The second kappa shape index (κ2) is 8.93. The molecule has 4 rings (SSSR count). The number of benzene rings is 1. The van der Waals surface area contributed by atoms with E-state index in [9.17, 15) is 29.9 Å². The Balaban J connectivity index is 1.59. The lowest BCUT2D eigenvalue weighted by atomic mass is 10.1. The highest BCUT2D eigenvalue weighted by atomic mass is 16.6. The van der Waals surface area contributed by atoms with Gasteiger partial charge in [-0.2, -0.15) is 0 Å². The zero-order valence-corrected chi connectivity index (χ0v) is 17.3. The van der Waals surface area contributed by atoms with Crippen LogP contribution in [0, 0.1) is 17.0 Å². The summed E-state index contributed by atoms with van der Waals surface area (Å²) in [6.45, 7) is 0.927. The topological polar surface area (TPSA) is 188 Å². The summed E-state index contributed by atoms with van der Waals surface area (Å²) in [7, 11) is 0. The summed E-state index contributed by atoms with van der Waals surface area (Å²) in [6, 6.07) is 4.69. The van der Waals surface area contributed by atoms with Crippen molar-refractivity contribution in [3.63, 3.8) is 0 Å². The Hall–Kier alpha value is -3.88. The number of ether oxygens (including phenoxy) is 2. The molecule has 1 fully saturated rings. The molecular formula is C19H20N6O8. The van der Waals surface area contributed by atoms with Crippen molar-refractivity contribution in [1.29, 1.82) is 0 Å². The molecule has 1 aliphatic rings. The van der Waals surface area contributed by atoms with Gasteiger partial charge in [-0.3, -0.25) is 24.5 Å². The first-order valence-electron chi connectivity index (χ1n) is 9.83. The van der Waals surface area contributed by atoms with E-state index in [0.29, 0.717) is 5.69 Å². The summed E-state index contributed by atoms with van der Waals surface area (Å²) in [5.41, 5.74) is -0.831. The van der Waals surface area contributed by atoms with Crippen LogP contribution in [0.15, 0.2) is 46.2 Å². The van der Waals surface area contributed by atoms with E-state index in [4.69, 9.17) is 9.47 Å². The third-order valence-corrected chi connectivity index (χ3v) is 5.22. The van der Waals surface area contributed by atoms with Gasteiger partial charge in [0.25, 0.3) is 11.2 Å². The molecule has 0 aliphatic carbocycles. The van der Waals surface area contributed by atoms with Crippen molar-refractivity contribution in [2.45, 2.75) is 38.0 Å². The quantitative estimate of drug-likeness (QED) is 0.304. The lowest BCUT2D eigenvalue weighted by Gasteiger charge is -2.21. The van der Waals surface area contributed by atoms with E-state index in [1.165, 1.54) is 42.2 Å². The number of aromatic nitrogens is 5. The van der Waals surface area contributed by atoms with Crippen LogP contribution in [0.25, 0.3) is 0 Å². The SMILES string of the molecule is Cc1cn([C@@H]2O[C@H](CO)[C@@H](O)[C@H]2n2cc(COc3cccc([N+](=O)[O-])c3)nn2)c(=O)[nH]c1=O. The van der Waals surface area contributed by atoms with E-state index in [0.717, 1.165) is 4.57 Å². The molecule has 0 spiro atoms. The lowest BCUT2D eigenvalue weighted by Crippen LogP contribution is -2.37. The van der Waals surface area contributed by atoms with Crippen LogP contribution in [0.1, 0.15) is 23.5 Å². The maximum Gasteiger partial charge on any atom is 0.330 e. The Bertz CT molecular complexity index is 1280. The van der Waals surface area contributed by atoms with Gasteiger partial charge >= 0.3 is 5.69 Å². The van der Waals surface area contributed by atoms with Gasteiger partial charge in [-0.15, -0.1) is 5.10 Å². The van der Waals surface area contributed by atoms with Crippen LogP contribution in [0.2, 0.25) is 0 Å². The second-order valence-electron chi connectivity index (χ2n) is 7.44. The highest BCUT2D eigenvalue weighted by Crippen LogP contribution is 2.37. The van der Waals surface area contributed by atoms with Crippen LogP contribution in [0.5, 0.6) is 5.75 Å². The van der Waals surface area contributed by atoms with Gasteiger partial charge in [0.05, 0.1) is 23.8 Å². The van der Waals surface area contributed by atoms with Crippen molar-refractivity contribution in [1.82, 2.24) is 24.5 Å². The first kappa shape index (κ1) is 22.3. The highest BCUT2D eigenvalue weighted by Gasteiger charge is 2.46. The molecule has 3 heterocycles. The predicted octanol–water partition coefficient (Wildman–Crippen LogP) is -0.584. The Labute approximate surface area is 184 Å². The molecule has 1 aromatic carbocycles. The average molecular weight is 460 g/mol. The fourth-order valence-corrected chi connectivity index (χ4v) is 3.54. The number of nitrogens with one attached hydrogen (secondary N) is 1. The van der Waals surface area contributed by atoms with Gasteiger partial charge in [-0.05, 0) is 13.0 Å². The number of rotatable bonds is 7.